The van der Waals surface area contributed by atoms with Crippen LogP contribution in [0.4, 0.5) is 0 Å². The summed E-state index contributed by atoms with van der Waals surface area (Å²) in [6.07, 6.45) is 0.703. The number of nitrogens with zero attached hydrogens (tertiary/aromatic N) is 1. The molecule has 1 heterocycles. The molecular weight excluding hydrogens is 274 g/mol. The van der Waals surface area contributed by atoms with Gasteiger partial charge in [-0.2, -0.15) is 0 Å². The summed E-state index contributed by atoms with van der Waals surface area (Å²) in [5.41, 5.74) is 5.89. The van der Waals surface area contributed by atoms with E-state index in [2.05, 4.69) is 10.3 Å². The summed E-state index contributed by atoms with van der Waals surface area (Å²) in [6, 6.07) is 9.49. The number of nitrogens with one attached hydrogen (secondary N) is 1. The Bertz CT molecular complexity index is 542. The molecule has 1 aromatic heterocycles. The summed E-state index contributed by atoms with van der Waals surface area (Å²) >= 11 is 1.46. The van der Waals surface area contributed by atoms with Crippen LogP contribution in [-0.4, -0.2) is 30.6 Å². The number of amides is 1. The fourth-order valence-electron chi connectivity index (χ4n) is 1.59. The topological polar surface area (TPSA) is 77.2 Å². The normalized spacial score (nSPS) is 10.2. The molecule has 0 aliphatic heterocycles. The number of hydrogen-bond acceptors (Lipinski definition) is 5. The maximum absolute atomic E-state index is 11.8. The van der Waals surface area contributed by atoms with Gasteiger partial charge in [0.25, 0.3) is 5.91 Å². The molecule has 0 saturated heterocycles. The van der Waals surface area contributed by atoms with Crippen molar-refractivity contribution in [3.63, 3.8) is 0 Å². The first-order chi connectivity index (χ1) is 9.79. The molecule has 106 valence electrons. The fourth-order valence-corrected chi connectivity index (χ4v) is 2.39. The van der Waals surface area contributed by atoms with Crippen LogP contribution in [0.2, 0.25) is 0 Å². The quantitative estimate of drug-likeness (QED) is 0.757. The van der Waals surface area contributed by atoms with Gasteiger partial charge >= 0.3 is 0 Å². The van der Waals surface area contributed by atoms with E-state index in [-0.39, 0.29) is 5.91 Å². The molecule has 0 aliphatic rings. The van der Waals surface area contributed by atoms with Crippen molar-refractivity contribution in [1.82, 2.24) is 10.3 Å². The number of carbonyl (C=O) groups is 1. The van der Waals surface area contributed by atoms with Gasteiger partial charge in [-0.1, -0.05) is 18.2 Å². The highest BCUT2D eigenvalue weighted by molar-refractivity contribution is 7.09. The largest absolute Gasteiger partial charge is 0.492 e. The average molecular weight is 291 g/mol. The van der Waals surface area contributed by atoms with Crippen molar-refractivity contribution in [1.29, 1.82) is 0 Å². The predicted molar refractivity (Wildman–Crippen MR) is 79.1 cm³/mol. The molecule has 2 aromatic rings. The number of hydrogen-bond donors (Lipinski definition) is 2. The molecule has 0 atom stereocenters. The van der Waals surface area contributed by atoms with E-state index in [1.807, 2.05) is 30.3 Å². The number of para-hydroxylation sites is 1. The molecule has 3 N–H and O–H groups in total. The molecule has 1 amide bonds. The Kier molecular flexibility index (Phi) is 5.52. The second-order valence-electron chi connectivity index (χ2n) is 4.08. The van der Waals surface area contributed by atoms with E-state index in [1.165, 1.54) is 11.3 Å². The van der Waals surface area contributed by atoms with Gasteiger partial charge in [0.05, 0.1) is 11.6 Å². The molecule has 0 fully saturated rings. The Hall–Kier alpha value is -1.92. The van der Waals surface area contributed by atoms with E-state index in [1.54, 1.807) is 5.38 Å². The van der Waals surface area contributed by atoms with Crippen LogP contribution in [0.25, 0.3) is 0 Å². The molecule has 5 nitrogen and oxygen atoms in total. The van der Waals surface area contributed by atoms with Gasteiger partial charge in [0.2, 0.25) is 0 Å². The van der Waals surface area contributed by atoms with Crippen molar-refractivity contribution < 1.29 is 9.53 Å². The smallest absolute Gasteiger partial charge is 0.270 e. The molecule has 0 aliphatic carbocycles. The van der Waals surface area contributed by atoms with Gasteiger partial charge in [0.1, 0.15) is 18.1 Å². The Morgan fingerprint density at radius 2 is 2.15 bits per heavy atom. The zero-order chi connectivity index (χ0) is 14.2. The summed E-state index contributed by atoms with van der Waals surface area (Å²) in [5.74, 6) is 0.613. The lowest BCUT2D eigenvalue weighted by Crippen LogP contribution is -2.28. The first-order valence-electron chi connectivity index (χ1n) is 6.40. The third kappa shape index (κ3) is 4.32. The maximum atomic E-state index is 11.8. The van der Waals surface area contributed by atoms with Gasteiger partial charge in [-0.25, -0.2) is 4.98 Å². The van der Waals surface area contributed by atoms with Gasteiger partial charge in [0, 0.05) is 11.8 Å². The maximum Gasteiger partial charge on any atom is 0.270 e. The third-order valence-electron chi connectivity index (χ3n) is 2.54. The number of nitrogens with two attached hydrogens (primary N) is 1. The lowest BCUT2D eigenvalue weighted by Gasteiger charge is -2.06. The molecule has 0 spiro atoms. The molecule has 1 aromatic carbocycles. The van der Waals surface area contributed by atoms with Crippen LogP contribution in [0.5, 0.6) is 5.75 Å². The van der Waals surface area contributed by atoms with Crippen LogP contribution < -0.4 is 15.8 Å². The molecular formula is C14H17N3O2S. The number of carbonyl (C=O) groups excluding carboxylic acids is 1. The van der Waals surface area contributed by atoms with Crippen molar-refractivity contribution in [3.05, 3.63) is 46.4 Å². The monoisotopic (exact) mass is 291 g/mol. The number of thiazole rings is 1. The molecule has 20 heavy (non-hydrogen) atoms. The zero-order valence-corrected chi connectivity index (χ0v) is 11.9. The van der Waals surface area contributed by atoms with E-state index in [4.69, 9.17) is 10.5 Å². The van der Waals surface area contributed by atoms with Gasteiger partial charge in [-0.15, -0.1) is 11.3 Å². The van der Waals surface area contributed by atoms with Gasteiger partial charge < -0.3 is 15.8 Å². The van der Waals surface area contributed by atoms with E-state index < -0.39 is 0 Å². The Morgan fingerprint density at radius 3 is 2.90 bits per heavy atom. The highest BCUT2D eigenvalue weighted by Gasteiger charge is 2.09. The fraction of sp³-hybridized carbons (Fsp3) is 0.286. The lowest BCUT2D eigenvalue weighted by atomic mass is 10.3. The summed E-state index contributed by atoms with van der Waals surface area (Å²) in [7, 11) is 0. The summed E-state index contributed by atoms with van der Waals surface area (Å²) in [6.45, 7) is 1.41. The van der Waals surface area contributed by atoms with E-state index >= 15 is 0 Å². The molecule has 6 heteroatoms. The predicted octanol–water partition coefficient (Wildman–Crippen LogP) is 1.45. The first-order valence-corrected chi connectivity index (χ1v) is 7.28. The van der Waals surface area contributed by atoms with E-state index in [0.717, 1.165) is 10.8 Å². The zero-order valence-electron chi connectivity index (χ0n) is 11.0. The second kappa shape index (κ2) is 7.62. The van der Waals surface area contributed by atoms with Crippen molar-refractivity contribution >= 4 is 17.2 Å². The SMILES string of the molecule is NCCc1nc(C(=O)NCCOc2ccccc2)cs1. The Balaban J connectivity index is 1.72. The van der Waals surface area contributed by atoms with Crippen molar-refractivity contribution in [3.8, 4) is 5.75 Å². The van der Waals surface area contributed by atoms with Gasteiger partial charge in [-0.3, -0.25) is 4.79 Å². The minimum Gasteiger partial charge on any atom is -0.492 e. The molecule has 2 rings (SSSR count). The number of ether oxygens (including phenoxy) is 1. The number of aromatic nitrogens is 1. The summed E-state index contributed by atoms with van der Waals surface area (Å²) < 4.78 is 5.49. The Labute approximate surface area is 121 Å². The van der Waals surface area contributed by atoms with E-state index in [9.17, 15) is 4.79 Å². The number of benzene rings is 1. The molecule has 0 bridgehead atoms. The second-order valence-corrected chi connectivity index (χ2v) is 5.03. The van der Waals surface area contributed by atoms with Crippen LogP contribution >= 0.6 is 11.3 Å². The third-order valence-corrected chi connectivity index (χ3v) is 3.45. The van der Waals surface area contributed by atoms with Crippen LogP contribution in [0.1, 0.15) is 15.5 Å². The van der Waals surface area contributed by atoms with Crippen molar-refractivity contribution in [2.75, 3.05) is 19.7 Å². The first kappa shape index (κ1) is 14.5. The van der Waals surface area contributed by atoms with Gasteiger partial charge in [-0.05, 0) is 18.7 Å². The standard InChI is InChI=1S/C14H17N3O2S/c15-7-6-13-17-12(10-20-13)14(18)16-8-9-19-11-4-2-1-3-5-11/h1-5,10H,6-9,15H2,(H,16,18). The van der Waals surface area contributed by atoms with Crippen molar-refractivity contribution in [2.24, 2.45) is 5.73 Å². The van der Waals surface area contributed by atoms with Crippen molar-refractivity contribution in [2.45, 2.75) is 6.42 Å². The summed E-state index contributed by atoms with van der Waals surface area (Å²) in [4.78, 5) is 16.0. The van der Waals surface area contributed by atoms with Gasteiger partial charge in [0.15, 0.2) is 0 Å². The van der Waals surface area contributed by atoms with Crippen LogP contribution in [0.3, 0.4) is 0 Å². The van der Waals surface area contributed by atoms with Crippen LogP contribution in [0, 0.1) is 0 Å². The lowest BCUT2D eigenvalue weighted by molar-refractivity contribution is 0.0942. The van der Waals surface area contributed by atoms with E-state index in [0.29, 0.717) is 31.8 Å². The molecule has 0 unspecified atom stereocenters. The molecule has 0 radical (unpaired) electrons. The Morgan fingerprint density at radius 1 is 1.35 bits per heavy atom. The highest BCUT2D eigenvalue weighted by Crippen LogP contribution is 2.10. The minimum absolute atomic E-state index is 0.179. The van der Waals surface area contributed by atoms with Crippen LogP contribution in [-0.2, 0) is 6.42 Å². The average Bonchev–Trinajstić information content (AvgIpc) is 2.94. The highest BCUT2D eigenvalue weighted by atomic mass is 32.1. The molecule has 0 saturated carbocycles. The summed E-state index contributed by atoms with van der Waals surface area (Å²) in [5, 5.41) is 5.41. The van der Waals surface area contributed by atoms with Crippen LogP contribution in [0.15, 0.2) is 35.7 Å². The minimum atomic E-state index is -0.179. The number of rotatable bonds is 7.